The first-order chi connectivity index (χ1) is 9.43. The molecular formula is C12H16N2O5S. The molecule has 7 nitrogen and oxygen atoms in total. The van der Waals surface area contributed by atoms with Crippen LogP contribution >= 0.6 is 11.8 Å². The number of carboxylic acid groups (broad SMARTS) is 1. The molecule has 1 heterocycles. The summed E-state index contributed by atoms with van der Waals surface area (Å²) in [5, 5.41) is 11.3. The Morgan fingerprint density at radius 3 is 2.70 bits per heavy atom. The van der Waals surface area contributed by atoms with Crippen LogP contribution in [0.15, 0.2) is 16.5 Å². The molecule has 0 unspecified atom stereocenters. The number of hydrogen-bond acceptors (Lipinski definition) is 5. The van der Waals surface area contributed by atoms with Gasteiger partial charge >= 0.3 is 5.97 Å². The van der Waals surface area contributed by atoms with Gasteiger partial charge in [-0.1, -0.05) is 0 Å². The number of furan rings is 1. The Balaban J connectivity index is 2.64. The zero-order valence-corrected chi connectivity index (χ0v) is 11.7. The lowest BCUT2D eigenvalue weighted by molar-refractivity contribution is -0.139. The van der Waals surface area contributed by atoms with E-state index in [1.54, 1.807) is 6.07 Å². The van der Waals surface area contributed by atoms with Gasteiger partial charge in [0.2, 0.25) is 5.91 Å². The van der Waals surface area contributed by atoms with Gasteiger partial charge in [0.05, 0.1) is 5.75 Å². The molecule has 0 fully saturated rings. The first-order valence-corrected chi connectivity index (χ1v) is 7.23. The number of thioether (sulfide) groups is 1. The molecule has 1 aromatic heterocycles. The minimum absolute atomic E-state index is 0.0411. The van der Waals surface area contributed by atoms with Gasteiger partial charge in [0.15, 0.2) is 5.76 Å². The van der Waals surface area contributed by atoms with E-state index in [0.29, 0.717) is 11.5 Å². The molecule has 1 rings (SSSR count). The van der Waals surface area contributed by atoms with Crippen molar-refractivity contribution in [3.63, 3.8) is 0 Å². The monoisotopic (exact) mass is 300 g/mol. The number of aliphatic carboxylic acids is 1. The van der Waals surface area contributed by atoms with Gasteiger partial charge in [0.1, 0.15) is 11.8 Å². The van der Waals surface area contributed by atoms with Crippen LogP contribution in [0.25, 0.3) is 0 Å². The Labute approximate surface area is 119 Å². The van der Waals surface area contributed by atoms with E-state index in [2.05, 4.69) is 5.32 Å². The quantitative estimate of drug-likeness (QED) is 0.645. The number of nitrogens with two attached hydrogens (primary N) is 1. The lowest BCUT2D eigenvalue weighted by Crippen LogP contribution is -2.41. The molecule has 0 radical (unpaired) electrons. The molecule has 0 aliphatic rings. The largest absolute Gasteiger partial charge is 0.480 e. The van der Waals surface area contributed by atoms with Crippen molar-refractivity contribution in [3.05, 3.63) is 23.7 Å². The number of carbonyl (C=O) groups excluding carboxylic acids is 2. The predicted molar refractivity (Wildman–Crippen MR) is 73.2 cm³/mol. The maximum Gasteiger partial charge on any atom is 0.326 e. The van der Waals surface area contributed by atoms with E-state index in [-0.39, 0.29) is 18.6 Å². The van der Waals surface area contributed by atoms with Crippen LogP contribution in [0.3, 0.4) is 0 Å². The average Bonchev–Trinajstić information content (AvgIpc) is 2.82. The van der Waals surface area contributed by atoms with Crippen LogP contribution in [0.2, 0.25) is 0 Å². The smallest absolute Gasteiger partial charge is 0.326 e. The number of hydrogen-bond donors (Lipinski definition) is 3. The fourth-order valence-corrected chi connectivity index (χ4v) is 1.93. The molecule has 0 saturated carbocycles. The summed E-state index contributed by atoms with van der Waals surface area (Å²) in [5.41, 5.74) is 4.95. The lowest BCUT2D eigenvalue weighted by Gasteiger charge is -2.12. The van der Waals surface area contributed by atoms with E-state index in [1.165, 1.54) is 17.8 Å². The number of amides is 2. The molecule has 0 bridgehead atoms. The number of carbonyl (C=O) groups is 3. The molecule has 0 aliphatic heterocycles. The van der Waals surface area contributed by atoms with Crippen molar-refractivity contribution in [1.82, 2.24) is 5.32 Å². The minimum atomic E-state index is -1.23. The van der Waals surface area contributed by atoms with Crippen LogP contribution in [0.1, 0.15) is 29.2 Å². The summed E-state index contributed by atoms with van der Waals surface area (Å²) >= 11 is 1.54. The normalized spacial score (nSPS) is 11.8. The maximum absolute atomic E-state index is 11.8. The van der Waals surface area contributed by atoms with E-state index in [1.807, 2.05) is 6.26 Å². The molecule has 4 N–H and O–H groups in total. The molecule has 8 heteroatoms. The fraction of sp³-hybridized carbons (Fsp3) is 0.417. The van der Waals surface area contributed by atoms with Crippen molar-refractivity contribution in [2.45, 2.75) is 24.6 Å². The highest BCUT2D eigenvalue weighted by atomic mass is 32.2. The van der Waals surface area contributed by atoms with Gasteiger partial charge in [0.25, 0.3) is 5.91 Å². The highest BCUT2D eigenvalue weighted by molar-refractivity contribution is 7.97. The summed E-state index contributed by atoms with van der Waals surface area (Å²) in [5.74, 6) is -1.18. The zero-order valence-electron chi connectivity index (χ0n) is 10.9. The van der Waals surface area contributed by atoms with Crippen LogP contribution in [-0.2, 0) is 15.3 Å². The van der Waals surface area contributed by atoms with Crippen LogP contribution in [0.4, 0.5) is 0 Å². The molecule has 0 spiro atoms. The fourth-order valence-electron chi connectivity index (χ4n) is 1.49. The maximum atomic E-state index is 11.8. The highest BCUT2D eigenvalue weighted by Crippen LogP contribution is 2.13. The van der Waals surface area contributed by atoms with Gasteiger partial charge in [-0.25, -0.2) is 4.79 Å². The van der Waals surface area contributed by atoms with Gasteiger partial charge in [-0.3, -0.25) is 9.59 Å². The number of primary amides is 1. The second-order valence-electron chi connectivity index (χ2n) is 4.07. The van der Waals surface area contributed by atoms with Crippen molar-refractivity contribution in [2.24, 2.45) is 5.73 Å². The standard InChI is InChI=1S/C12H16N2O5S/c1-20-6-7-2-4-9(19-7)11(16)14-8(12(17)18)3-5-10(13)15/h2,4,8H,3,5-6H2,1H3,(H2,13,15)(H,14,16)(H,17,18)/t8-/m0/s1. The summed E-state index contributed by atoms with van der Waals surface area (Å²) < 4.78 is 5.27. The summed E-state index contributed by atoms with van der Waals surface area (Å²) in [6, 6.07) is 1.96. The zero-order chi connectivity index (χ0) is 15.1. The van der Waals surface area contributed by atoms with E-state index >= 15 is 0 Å². The first kappa shape index (κ1) is 16.1. The Morgan fingerprint density at radius 1 is 1.45 bits per heavy atom. The van der Waals surface area contributed by atoms with Gasteiger partial charge < -0.3 is 20.6 Å². The predicted octanol–water partition coefficient (Wildman–Crippen LogP) is 0.591. The van der Waals surface area contributed by atoms with Crippen molar-refractivity contribution in [1.29, 1.82) is 0 Å². The first-order valence-electron chi connectivity index (χ1n) is 5.83. The molecule has 1 atom stereocenters. The van der Waals surface area contributed by atoms with Gasteiger partial charge in [0, 0.05) is 6.42 Å². The number of nitrogens with one attached hydrogen (secondary N) is 1. The van der Waals surface area contributed by atoms with Gasteiger partial charge in [-0.2, -0.15) is 11.8 Å². The molecule has 1 aromatic rings. The number of rotatable bonds is 8. The Hall–Kier alpha value is -1.96. The SMILES string of the molecule is CSCc1ccc(C(=O)N[C@@H](CCC(N)=O)C(=O)O)o1. The lowest BCUT2D eigenvalue weighted by atomic mass is 10.1. The third-order valence-electron chi connectivity index (χ3n) is 2.45. The van der Waals surface area contributed by atoms with Gasteiger partial charge in [-0.05, 0) is 24.8 Å². The Kier molecular flexibility index (Phi) is 6.10. The molecule has 0 aromatic carbocycles. The van der Waals surface area contributed by atoms with Crippen LogP contribution < -0.4 is 11.1 Å². The second kappa shape index (κ2) is 7.59. The third-order valence-corrected chi connectivity index (χ3v) is 3.03. The molecule has 0 saturated heterocycles. The van der Waals surface area contributed by atoms with Crippen LogP contribution in [0, 0.1) is 0 Å². The van der Waals surface area contributed by atoms with Gasteiger partial charge in [-0.15, -0.1) is 0 Å². The minimum Gasteiger partial charge on any atom is -0.480 e. The topological polar surface area (TPSA) is 123 Å². The molecule has 2 amide bonds. The van der Waals surface area contributed by atoms with Crippen molar-refractivity contribution < 1.29 is 23.9 Å². The van der Waals surface area contributed by atoms with Crippen LogP contribution in [0.5, 0.6) is 0 Å². The average molecular weight is 300 g/mol. The van der Waals surface area contributed by atoms with E-state index in [0.717, 1.165) is 0 Å². The Morgan fingerprint density at radius 2 is 2.15 bits per heavy atom. The van der Waals surface area contributed by atoms with Crippen molar-refractivity contribution in [3.8, 4) is 0 Å². The van der Waals surface area contributed by atoms with E-state index in [4.69, 9.17) is 15.3 Å². The summed E-state index contributed by atoms with van der Waals surface area (Å²) in [6.07, 6.45) is 1.72. The number of carboxylic acids is 1. The summed E-state index contributed by atoms with van der Waals surface area (Å²) in [4.78, 5) is 33.5. The highest BCUT2D eigenvalue weighted by Gasteiger charge is 2.22. The molecule has 20 heavy (non-hydrogen) atoms. The summed E-state index contributed by atoms with van der Waals surface area (Å²) in [7, 11) is 0. The Bertz CT molecular complexity index is 500. The molecular weight excluding hydrogens is 284 g/mol. The van der Waals surface area contributed by atoms with Crippen molar-refractivity contribution in [2.75, 3.05) is 6.26 Å². The van der Waals surface area contributed by atoms with E-state index in [9.17, 15) is 14.4 Å². The summed E-state index contributed by atoms with van der Waals surface area (Å²) in [6.45, 7) is 0. The third kappa shape index (κ3) is 4.96. The second-order valence-corrected chi connectivity index (χ2v) is 4.93. The van der Waals surface area contributed by atoms with Crippen molar-refractivity contribution >= 4 is 29.5 Å². The van der Waals surface area contributed by atoms with Crippen LogP contribution in [-0.4, -0.2) is 35.2 Å². The molecule has 0 aliphatic carbocycles. The molecule has 110 valence electrons. The van der Waals surface area contributed by atoms with E-state index < -0.39 is 23.8 Å².